The van der Waals surface area contributed by atoms with E-state index in [1.807, 2.05) is 24.8 Å². The summed E-state index contributed by atoms with van der Waals surface area (Å²) < 4.78 is 5.58. The van der Waals surface area contributed by atoms with Gasteiger partial charge >= 0.3 is 6.03 Å². The standard InChI is InChI=1S/C21H30N4O4/c1-15(2)29-17-4-3-16(13-23-17)25-11-9-20(18(25)26)5-7-21(28,8-6-20)14-24-12-10-22-19(24)27/h3-4,13,15,28H,5-12,14H2,1-2H3,(H,22,27)/t20-,21+. The number of pyridine rings is 1. The molecule has 1 aromatic heterocycles. The fourth-order valence-corrected chi connectivity index (χ4v) is 4.74. The van der Waals surface area contributed by atoms with E-state index in [9.17, 15) is 14.7 Å². The third-order valence-electron chi connectivity index (χ3n) is 6.47. The van der Waals surface area contributed by atoms with Gasteiger partial charge in [-0.25, -0.2) is 9.78 Å². The quantitative estimate of drug-likeness (QED) is 0.785. The highest BCUT2D eigenvalue weighted by Gasteiger charge is 2.52. The summed E-state index contributed by atoms with van der Waals surface area (Å²) in [5.74, 6) is 0.677. The van der Waals surface area contributed by atoms with E-state index in [0.29, 0.717) is 57.7 Å². The number of aliphatic hydroxyl groups is 1. The van der Waals surface area contributed by atoms with Crippen LogP contribution in [0.1, 0.15) is 46.0 Å². The number of nitrogens with one attached hydrogen (secondary N) is 1. The molecule has 1 saturated carbocycles. The number of carbonyl (C=O) groups is 2. The SMILES string of the molecule is CC(C)Oc1ccc(N2CC[C@]3(CC[C@@](O)(CN4CCNC4=O)CC3)C2=O)cn1. The third-order valence-corrected chi connectivity index (χ3v) is 6.47. The number of aromatic nitrogens is 1. The van der Waals surface area contributed by atoms with Crippen LogP contribution in [0, 0.1) is 5.41 Å². The van der Waals surface area contributed by atoms with Gasteiger partial charge in [-0.2, -0.15) is 0 Å². The van der Waals surface area contributed by atoms with Crippen LogP contribution in [0.5, 0.6) is 5.88 Å². The molecule has 1 aliphatic carbocycles. The van der Waals surface area contributed by atoms with Gasteiger partial charge in [0.1, 0.15) is 0 Å². The minimum absolute atomic E-state index is 0.0534. The molecule has 4 rings (SSSR count). The molecule has 8 heteroatoms. The molecule has 0 atom stereocenters. The maximum Gasteiger partial charge on any atom is 0.317 e. The van der Waals surface area contributed by atoms with Crippen molar-refractivity contribution in [2.24, 2.45) is 5.41 Å². The fraction of sp³-hybridized carbons (Fsp3) is 0.667. The van der Waals surface area contributed by atoms with E-state index in [4.69, 9.17) is 4.74 Å². The van der Waals surface area contributed by atoms with E-state index in [0.717, 1.165) is 12.1 Å². The van der Waals surface area contributed by atoms with Crippen LogP contribution in [0.3, 0.4) is 0 Å². The van der Waals surface area contributed by atoms with Crippen LogP contribution in [0.25, 0.3) is 0 Å². The molecular formula is C21H30N4O4. The van der Waals surface area contributed by atoms with Crippen molar-refractivity contribution in [1.82, 2.24) is 15.2 Å². The zero-order valence-electron chi connectivity index (χ0n) is 17.2. The van der Waals surface area contributed by atoms with E-state index in [-0.39, 0.29) is 18.0 Å². The minimum atomic E-state index is -0.905. The zero-order chi connectivity index (χ0) is 20.6. The lowest BCUT2D eigenvalue weighted by molar-refractivity contribution is -0.131. The highest BCUT2D eigenvalue weighted by molar-refractivity contribution is 5.99. The number of carbonyl (C=O) groups excluding carboxylic acids is 2. The molecule has 0 unspecified atom stereocenters. The van der Waals surface area contributed by atoms with E-state index in [1.54, 1.807) is 17.2 Å². The minimum Gasteiger partial charge on any atom is -0.475 e. The van der Waals surface area contributed by atoms with Gasteiger partial charge in [0.2, 0.25) is 11.8 Å². The maximum absolute atomic E-state index is 13.3. The lowest BCUT2D eigenvalue weighted by Gasteiger charge is -2.42. The first-order chi connectivity index (χ1) is 13.8. The van der Waals surface area contributed by atoms with Crippen LogP contribution in [0.4, 0.5) is 10.5 Å². The Hall–Kier alpha value is -2.35. The Balaban J connectivity index is 1.39. The number of β-amino-alcohol motifs (C(OH)–C–C–N with tert-alkyl or cyclic N) is 1. The van der Waals surface area contributed by atoms with Gasteiger partial charge in [-0.3, -0.25) is 4.79 Å². The van der Waals surface area contributed by atoms with Gasteiger partial charge in [0.25, 0.3) is 0 Å². The summed E-state index contributed by atoms with van der Waals surface area (Å²) >= 11 is 0. The Labute approximate surface area is 171 Å². The average Bonchev–Trinajstić information content (AvgIpc) is 3.22. The van der Waals surface area contributed by atoms with Crippen LogP contribution in [-0.4, -0.2) is 64.8 Å². The molecule has 1 spiro atoms. The Kier molecular flexibility index (Phi) is 5.14. The summed E-state index contributed by atoms with van der Waals surface area (Å²) in [4.78, 5) is 32.9. The van der Waals surface area contributed by atoms with Crippen LogP contribution in [-0.2, 0) is 4.79 Å². The van der Waals surface area contributed by atoms with Gasteiger partial charge in [-0.1, -0.05) is 0 Å². The number of anilines is 1. The lowest BCUT2D eigenvalue weighted by Crippen LogP contribution is -2.50. The Morgan fingerprint density at radius 3 is 2.52 bits per heavy atom. The lowest BCUT2D eigenvalue weighted by atomic mass is 9.67. The number of amides is 3. The fourth-order valence-electron chi connectivity index (χ4n) is 4.74. The number of urea groups is 1. The summed E-state index contributed by atoms with van der Waals surface area (Å²) in [5.41, 5.74) is -0.525. The van der Waals surface area contributed by atoms with Gasteiger partial charge < -0.3 is 25.0 Å². The van der Waals surface area contributed by atoms with Crippen LogP contribution in [0.2, 0.25) is 0 Å². The third kappa shape index (κ3) is 3.90. The maximum atomic E-state index is 13.3. The van der Waals surface area contributed by atoms with Gasteiger partial charge in [0, 0.05) is 25.7 Å². The first-order valence-corrected chi connectivity index (χ1v) is 10.5. The molecule has 2 N–H and O–H groups in total. The normalized spacial score (nSPS) is 29.8. The zero-order valence-corrected chi connectivity index (χ0v) is 17.2. The van der Waals surface area contributed by atoms with Crippen molar-refractivity contribution in [3.8, 4) is 5.88 Å². The number of hydrogen-bond acceptors (Lipinski definition) is 5. The molecule has 3 heterocycles. The highest BCUT2D eigenvalue weighted by Crippen LogP contribution is 2.48. The largest absolute Gasteiger partial charge is 0.475 e. The average molecular weight is 402 g/mol. The van der Waals surface area contributed by atoms with Crippen molar-refractivity contribution >= 4 is 17.6 Å². The van der Waals surface area contributed by atoms with E-state index < -0.39 is 11.0 Å². The molecule has 3 aliphatic rings. The Morgan fingerprint density at radius 1 is 1.17 bits per heavy atom. The van der Waals surface area contributed by atoms with E-state index in [2.05, 4.69) is 10.3 Å². The predicted molar refractivity (Wildman–Crippen MR) is 108 cm³/mol. The summed E-state index contributed by atoms with van der Waals surface area (Å²) in [6.45, 7) is 6.16. The van der Waals surface area contributed by atoms with Crippen LogP contribution in [0.15, 0.2) is 18.3 Å². The molecule has 2 aliphatic heterocycles. The van der Waals surface area contributed by atoms with Crippen molar-refractivity contribution in [2.75, 3.05) is 31.1 Å². The molecule has 3 fully saturated rings. The first-order valence-electron chi connectivity index (χ1n) is 10.5. The second kappa shape index (κ2) is 7.48. The van der Waals surface area contributed by atoms with E-state index in [1.165, 1.54) is 0 Å². The van der Waals surface area contributed by atoms with Crippen molar-refractivity contribution in [2.45, 2.75) is 57.7 Å². The van der Waals surface area contributed by atoms with Gasteiger partial charge in [0.15, 0.2) is 0 Å². The second-order valence-corrected chi connectivity index (χ2v) is 8.89. The topological polar surface area (TPSA) is 95.0 Å². The smallest absolute Gasteiger partial charge is 0.317 e. The van der Waals surface area contributed by atoms with E-state index >= 15 is 0 Å². The molecule has 2 saturated heterocycles. The number of nitrogens with zero attached hydrogens (tertiary/aromatic N) is 3. The van der Waals surface area contributed by atoms with Crippen LogP contribution >= 0.6 is 0 Å². The number of rotatable bonds is 5. The highest BCUT2D eigenvalue weighted by atomic mass is 16.5. The molecule has 3 amide bonds. The van der Waals surface area contributed by atoms with Gasteiger partial charge in [-0.05, 0) is 52.0 Å². The molecule has 0 aromatic carbocycles. The van der Waals surface area contributed by atoms with Crippen molar-refractivity contribution < 1.29 is 19.4 Å². The van der Waals surface area contributed by atoms with Crippen molar-refractivity contribution in [3.05, 3.63) is 18.3 Å². The summed E-state index contributed by atoms with van der Waals surface area (Å²) in [6, 6.07) is 3.57. The van der Waals surface area contributed by atoms with Gasteiger partial charge in [0.05, 0.1) is 35.5 Å². The molecule has 8 nitrogen and oxygen atoms in total. The predicted octanol–water partition coefficient (Wildman–Crippen LogP) is 1.92. The number of hydrogen-bond donors (Lipinski definition) is 2. The van der Waals surface area contributed by atoms with Gasteiger partial charge in [-0.15, -0.1) is 0 Å². The molecule has 158 valence electrons. The number of ether oxygens (including phenoxy) is 1. The summed E-state index contributed by atoms with van der Waals surface area (Å²) in [5, 5.41) is 13.8. The monoisotopic (exact) mass is 402 g/mol. The van der Waals surface area contributed by atoms with Crippen molar-refractivity contribution in [1.29, 1.82) is 0 Å². The summed E-state index contributed by atoms with van der Waals surface area (Å²) in [6.07, 6.45) is 4.91. The molecule has 29 heavy (non-hydrogen) atoms. The second-order valence-electron chi connectivity index (χ2n) is 8.89. The molecule has 0 bridgehead atoms. The Bertz CT molecular complexity index is 771. The molecular weight excluding hydrogens is 372 g/mol. The molecule has 1 aromatic rings. The summed E-state index contributed by atoms with van der Waals surface area (Å²) in [7, 11) is 0. The van der Waals surface area contributed by atoms with Crippen molar-refractivity contribution in [3.63, 3.8) is 0 Å². The molecule has 0 radical (unpaired) electrons. The Morgan fingerprint density at radius 2 is 1.93 bits per heavy atom. The van der Waals surface area contributed by atoms with Crippen LogP contribution < -0.4 is 15.0 Å². The first kappa shape index (κ1) is 19.9.